The number of esters is 1. The number of piperidine rings is 1. The third kappa shape index (κ3) is 3.94. The van der Waals surface area contributed by atoms with Gasteiger partial charge in [0.1, 0.15) is 11.7 Å². The number of imide groups is 1. The van der Waals surface area contributed by atoms with Crippen molar-refractivity contribution >= 4 is 35.1 Å². The van der Waals surface area contributed by atoms with Gasteiger partial charge >= 0.3 is 5.97 Å². The Hall–Kier alpha value is -2.12. The van der Waals surface area contributed by atoms with Gasteiger partial charge in [-0.2, -0.15) is 0 Å². The molecule has 7 nitrogen and oxygen atoms in total. The van der Waals surface area contributed by atoms with Crippen molar-refractivity contribution in [3.8, 4) is 5.75 Å². The average molecular weight is 396 g/mol. The molecule has 2 aliphatic heterocycles. The third-order valence-corrected chi connectivity index (χ3v) is 5.44. The molecule has 8 heteroatoms. The molecule has 2 saturated heterocycles. The van der Waals surface area contributed by atoms with Gasteiger partial charge in [-0.1, -0.05) is 11.6 Å². The Kier molecular flexibility index (Phi) is 6.01. The first kappa shape index (κ1) is 19.6. The van der Waals surface area contributed by atoms with Crippen LogP contribution in [0.25, 0.3) is 0 Å². The maximum Gasteiger partial charge on any atom is 0.314 e. The van der Waals surface area contributed by atoms with Crippen LogP contribution in [-0.2, 0) is 19.1 Å². The van der Waals surface area contributed by atoms with Gasteiger partial charge in [-0.25, -0.2) is 4.90 Å². The largest absolute Gasteiger partial charge is 0.495 e. The van der Waals surface area contributed by atoms with Gasteiger partial charge in [0.05, 0.1) is 38.9 Å². The molecule has 0 saturated carbocycles. The summed E-state index contributed by atoms with van der Waals surface area (Å²) in [5, 5.41) is 0.419. The number of ether oxygens (including phenoxy) is 2. The predicted molar refractivity (Wildman–Crippen MR) is 99.0 cm³/mol. The molecule has 1 aromatic carbocycles. The standard InChI is InChI=1S/C19H23ClN2O5/c1-3-27-19(25)12-5-4-8-21(11-12)15-10-17(23)22(18(15)24)14-9-13(20)6-7-16(14)26-2/h6-7,9,12,15H,3-5,8,10-11H2,1-2H3/p+1/t12-,15+/m0/s1. The first-order valence-electron chi connectivity index (χ1n) is 9.17. The van der Waals surface area contributed by atoms with E-state index in [1.54, 1.807) is 25.1 Å². The molecule has 0 aliphatic carbocycles. The zero-order valence-electron chi connectivity index (χ0n) is 15.5. The zero-order chi connectivity index (χ0) is 19.6. The Balaban J connectivity index is 1.80. The van der Waals surface area contributed by atoms with E-state index in [-0.39, 0.29) is 30.1 Å². The molecule has 2 fully saturated rings. The van der Waals surface area contributed by atoms with E-state index in [0.717, 1.165) is 29.2 Å². The number of nitrogens with one attached hydrogen (secondary N) is 1. The number of quaternary nitrogens is 1. The summed E-state index contributed by atoms with van der Waals surface area (Å²) in [4.78, 5) is 39.9. The van der Waals surface area contributed by atoms with Crippen molar-refractivity contribution in [3.63, 3.8) is 0 Å². The second-order valence-corrected chi connectivity index (χ2v) is 7.28. The molecule has 1 unspecified atom stereocenters. The van der Waals surface area contributed by atoms with Gasteiger partial charge < -0.3 is 14.4 Å². The van der Waals surface area contributed by atoms with Crippen LogP contribution in [0, 0.1) is 5.92 Å². The molecular weight excluding hydrogens is 372 g/mol. The minimum atomic E-state index is -0.501. The van der Waals surface area contributed by atoms with E-state index < -0.39 is 6.04 Å². The van der Waals surface area contributed by atoms with Gasteiger partial charge in [0.15, 0.2) is 6.04 Å². The fraction of sp³-hybridized carbons (Fsp3) is 0.526. The summed E-state index contributed by atoms with van der Waals surface area (Å²) in [7, 11) is 1.48. The maximum atomic E-state index is 13.1. The number of hydrogen-bond donors (Lipinski definition) is 1. The van der Waals surface area contributed by atoms with Crippen molar-refractivity contribution in [2.75, 3.05) is 31.7 Å². The van der Waals surface area contributed by atoms with Crippen LogP contribution in [0.2, 0.25) is 5.02 Å². The smallest absolute Gasteiger partial charge is 0.314 e. The number of amides is 2. The molecule has 0 aromatic heterocycles. The van der Waals surface area contributed by atoms with Gasteiger partial charge in [0, 0.05) is 5.02 Å². The summed E-state index contributed by atoms with van der Waals surface area (Å²) >= 11 is 6.05. The molecule has 0 bridgehead atoms. The van der Waals surface area contributed by atoms with E-state index >= 15 is 0 Å². The lowest BCUT2D eigenvalue weighted by Crippen LogP contribution is -3.18. The fourth-order valence-corrected chi connectivity index (χ4v) is 4.08. The van der Waals surface area contributed by atoms with Crippen LogP contribution in [0.3, 0.4) is 0 Å². The van der Waals surface area contributed by atoms with Crippen molar-refractivity contribution in [2.45, 2.75) is 32.2 Å². The highest BCUT2D eigenvalue weighted by Crippen LogP contribution is 2.34. The van der Waals surface area contributed by atoms with Gasteiger partial charge in [-0.05, 0) is 38.0 Å². The van der Waals surface area contributed by atoms with Crippen LogP contribution in [0.1, 0.15) is 26.2 Å². The van der Waals surface area contributed by atoms with Crippen LogP contribution in [-0.4, -0.2) is 50.6 Å². The van der Waals surface area contributed by atoms with E-state index in [0.29, 0.717) is 29.6 Å². The van der Waals surface area contributed by atoms with E-state index in [4.69, 9.17) is 21.1 Å². The number of carbonyl (C=O) groups is 3. The molecule has 3 atom stereocenters. The number of halogens is 1. The quantitative estimate of drug-likeness (QED) is 0.590. The van der Waals surface area contributed by atoms with Crippen molar-refractivity contribution in [2.24, 2.45) is 5.92 Å². The summed E-state index contributed by atoms with van der Waals surface area (Å²) < 4.78 is 10.4. The van der Waals surface area contributed by atoms with E-state index in [1.807, 2.05) is 0 Å². The molecule has 0 radical (unpaired) electrons. The summed E-state index contributed by atoms with van der Waals surface area (Å²) in [6.45, 7) is 3.37. The van der Waals surface area contributed by atoms with Gasteiger partial charge in [0.25, 0.3) is 5.91 Å². The molecule has 2 amide bonds. The molecule has 2 heterocycles. The highest BCUT2D eigenvalue weighted by Gasteiger charge is 2.48. The molecular formula is C19H24ClN2O5+. The lowest BCUT2D eigenvalue weighted by atomic mass is 9.96. The third-order valence-electron chi connectivity index (χ3n) is 5.20. The highest BCUT2D eigenvalue weighted by atomic mass is 35.5. The summed E-state index contributed by atoms with van der Waals surface area (Å²) in [5.41, 5.74) is 0.362. The Morgan fingerprint density at radius 2 is 2.15 bits per heavy atom. The van der Waals surface area contributed by atoms with E-state index in [2.05, 4.69) is 0 Å². The first-order valence-corrected chi connectivity index (χ1v) is 9.55. The number of rotatable bonds is 5. The van der Waals surface area contributed by atoms with Gasteiger partial charge in [-0.3, -0.25) is 14.4 Å². The van der Waals surface area contributed by atoms with Gasteiger partial charge in [-0.15, -0.1) is 0 Å². The van der Waals surface area contributed by atoms with Crippen molar-refractivity contribution < 1.29 is 28.8 Å². The Bertz CT molecular complexity index is 754. The van der Waals surface area contributed by atoms with Crippen LogP contribution in [0.4, 0.5) is 5.69 Å². The van der Waals surface area contributed by atoms with E-state index in [9.17, 15) is 14.4 Å². The average Bonchev–Trinajstić information content (AvgIpc) is 2.96. The number of carbonyl (C=O) groups excluding carboxylic acids is 3. The molecule has 1 N–H and O–H groups in total. The molecule has 1 aromatic rings. The number of benzene rings is 1. The molecule has 27 heavy (non-hydrogen) atoms. The SMILES string of the molecule is CCOC(=O)[C@H]1CCC[NH+]([C@@H]2CC(=O)N(c3cc(Cl)ccc3OC)C2=O)C1. The van der Waals surface area contributed by atoms with Gasteiger partial charge in [0.2, 0.25) is 5.91 Å². The van der Waals surface area contributed by atoms with Crippen molar-refractivity contribution in [1.29, 1.82) is 0 Å². The topological polar surface area (TPSA) is 77.3 Å². The number of likely N-dealkylation sites (tertiary alicyclic amines) is 1. The predicted octanol–water partition coefficient (Wildman–Crippen LogP) is 0.839. The van der Waals surface area contributed by atoms with Crippen LogP contribution < -0.4 is 14.5 Å². The van der Waals surface area contributed by atoms with E-state index in [1.165, 1.54) is 7.11 Å². The second-order valence-electron chi connectivity index (χ2n) is 6.84. The molecule has 146 valence electrons. The van der Waals surface area contributed by atoms with Crippen molar-refractivity contribution in [1.82, 2.24) is 0 Å². The highest BCUT2D eigenvalue weighted by molar-refractivity contribution is 6.31. The summed E-state index contributed by atoms with van der Waals surface area (Å²) in [5.74, 6) is -0.595. The number of hydrogen-bond acceptors (Lipinski definition) is 5. The minimum Gasteiger partial charge on any atom is -0.495 e. The Morgan fingerprint density at radius 1 is 1.37 bits per heavy atom. The second kappa shape index (κ2) is 8.27. The fourth-order valence-electron chi connectivity index (χ4n) is 3.92. The lowest BCUT2D eigenvalue weighted by Gasteiger charge is -2.31. The van der Waals surface area contributed by atoms with Crippen LogP contribution in [0.5, 0.6) is 5.75 Å². The Labute approximate surface area is 163 Å². The number of methoxy groups -OCH3 is 1. The summed E-state index contributed by atoms with van der Waals surface area (Å²) in [6, 6.07) is 4.34. The molecule has 2 aliphatic rings. The summed E-state index contributed by atoms with van der Waals surface area (Å²) in [6.07, 6.45) is 1.68. The minimum absolute atomic E-state index is 0.110. The number of anilines is 1. The number of nitrogens with zero attached hydrogens (tertiary/aromatic N) is 1. The molecule has 0 spiro atoms. The molecule has 3 rings (SSSR count). The maximum absolute atomic E-state index is 13.1. The van der Waals surface area contributed by atoms with Crippen LogP contribution in [0.15, 0.2) is 18.2 Å². The van der Waals surface area contributed by atoms with Crippen molar-refractivity contribution in [3.05, 3.63) is 23.2 Å². The monoisotopic (exact) mass is 395 g/mol. The lowest BCUT2D eigenvalue weighted by molar-refractivity contribution is -0.922. The normalized spacial score (nSPS) is 25.6. The zero-order valence-corrected chi connectivity index (χ0v) is 16.3. The Morgan fingerprint density at radius 3 is 2.85 bits per heavy atom. The van der Waals surface area contributed by atoms with Crippen LogP contribution >= 0.6 is 11.6 Å². The first-order chi connectivity index (χ1) is 13.0.